The van der Waals surface area contributed by atoms with Gasteiger partial charge in [0.1, 0.15) is 0 Å². The molecule has 0 radical (unpaired) electrons. The van der Waals surface area contributed by atoms with Gasteiger partial charge in [-0.25, -0.2) is 0 Å². The Kier molecular flexibility index (Phi) is 3.85. The van der Waals surface area contributed by atoms with Crippen molar-refractivity contribution in [3.05, 3.63) is 33.4 Å². The number of nitrogens with one attached hydrogen (secondary N) is 1. The third-order valence-corrected chi connectivity index (χ3v) is 4.92. The van der Waals surface area contributed by atoms with Gasteiger partial charge in [0.15, 0.2) is 0 Å². The number of piperidine rings is 1. The van der Waals surface area contributed by atoms with Gasteiger partial charge in [0.2, 0.25) is 0 Å². The fraction of sp³-hybridized carbons (Fsp3) is 0.625. The van der Waals surface area contributed by atoms with E-state index in [1.165, 1.54) is 19.4 Å². The van der Waals surface area contributed by atoms with Gasteiger partial charge in [-0.15, -0.1) is 0 Å². The van der Waals surface area contributed by atoms with E-state index in [9.17, 15) is 10.1 Å². The van der Waals surface area contributed by atoms with Crippen LogP contribution in [0.2, 0.25) is 0 Å². The standard InChI is InChI=1S/C16H23N3O2/c1-11-8-12(2)16(19(20)21)10-15(11)17-13-5-7-18-6-3-4-14(18)9-13/h8,10,13-14,17H,3-7,9H2,1-2H3. The molecule has 0 spiro atoms. The van der Waals surface area contributed by atoms with Crippen LogP contribution in [0, 0.1) is 24.0 Å². The number of aryl methyl sites for hydroxylation is 2. The predicted molar refractivity (Wildman–Crippen MR) is 83.8 cm³/mol. The molecule has 0 aliphatic carbocycles. The van der Waals surface area contributed by atoms with Crippen LogP contribution in [0.1, 0.15) is 36.8 Å². The van der Waals surface area contributed by atoms with Crippen molar-refractivity contribution in [1.29, 1.82) is 0 Å². The van der Waals surface area contributed by atoms with Gasteiger partial charge >= 0.3 is 0 Å². The van der Waals surface area contributed by atoms with Crippen molar-refractivity contribution in [2.75, 3.05) is 18.4 Å². The summed E-state index contributed by atoms with van der Waals surface area (Å²) in [5.41, 5.74) is 2.95. The van der Waals surface area contributed by atoms with Crippen LogP contribution in [0.4, 0.5) is 11.4 Å². The summed E-state index contributed by atoms with van der Waals surface area (Å²) in [6.07, 6.45) is 4.89. The second-order valence-electron chi connectivity index (χ2n) is 6.41. The van der Waals surface area contributed by atoms with Crippen molar-refractivity contribution in [2.24, 2.45) is 0 Å². The Morgan fingerprint density at radius 3 is 2.81 bits per heavy atom. The van der Waals surface area contributed by atoms with Crippen LogP contribution in [-0.4, -0.2) is 35.0 Å². The highest BCUT2D eigenvalue weighted by molar-refractivity contribution is 5.60. The minimum absolute atomic E-state index is 0.210. The van der Waals surface area contributed by atoms with Gasteiger partial charge in [-0.3, -0.25) is 10.1 Å². The van der Waals surface area contributed by atoms with Gasteiger partial charge in [0.05, 0.1) is 4.92 Å². The summed E-state index contributed by atoms with van der Waals surface area (Å²) in [5.74, 6) is 0. The number of anilines is 1. The molecule has 2 atom stereocenters. The highest BCUT2D eigenvalue weighted by Gasteiger charge is 2.31. The molecule has 1 N–H and O–H groups in total. The minimum atomic E-state index is -0.292. The number of rotatable bonds is 3. The molecule has 1 aromatic rings. The van der Waals surface area contributed by atoms with Crippen molar-refractivity contribution in [3.8, 4) is 0 Å². The molecule has 3 rings (SSSR count). The lowest BCUT2D eigenvalue weighted by atomic mass is 9.96. The first-order valence-corrected chi connectivity index (χ1v) is 7.81. The molecule has 0 bridgehead atoms. The van der Waals surface area contributed by atoms with E-state index in [0.29, 0.717) is 12.1 Å². The first-order chi connectivity index (χ1) is 10.0. The molecule has 5 nitrogen and oxygen atoms in total. The van der Waals surface area contributed by atoms with E-state index < -0.39 is 0 Å². The summed E-state index contributed by atoms with van der Waals surface area (Å²) in [6.45, 7) is 6.21. The van der Waals surface area contributed by atoms with Gasteiger partial charge in [-0.1, -0.05) is 0 Å². The van der Waals surface area contributed by atoms with Crippen LogP contribution in [0.5, 0.6) is 0 Å². The second kappa shape index (κ2) is 5.64. The first kappa shape index (κ1) is 14.3. The van der Waals surface area contributed by atoms with E-state index in [-0.39, 0.29) is 10.6 Å². The largest absolute Gasteiger partial charge is 0.382 e. The summed E-state index contributed by atoms with van der Waals surface area (Å²) < 4.78 is 0. The Morgan fingerprint density at radius 1 is 1.24 bits per heavy atom. The average molecular weight is 289 g/mol. The first-order valence-electron chi connectivity index (χ1n) is 7.81. The fourth-order valence-corrected chi connectivity index (χ4v) is 3.77. The van der Waals surface area contributed by atoms with Crippen molar-refractivity contribution < 1.29 is 4.92 Å². The van der Waals surface area contributed by atoms with E-state index in [4.69, 9.17) is 0 Å². The summed E-state index contributed by atoms with van der Waals surface area (Å²) in [7, 11) is 0. The van der Waals surface area contributed by atoms with Crippen molar-refractivity contribution in [1.82, 2.24) is 4.90 Å². The molecule has 0 saturated carbocycles. The smallest absolute Gasteiger partial charge is 0.274 e. The van der Waals surface area contributed by atoms with Gasteiger partial charge in [0, 0.05) is 35.9 Å². The van der Waals surface area contributed by atoms with Gasteiger partial charge < -0.3 is 10.2 Å². The van der Waals surface area contributed by atoms with Crippen LogP contribution in [0.15, 0.2) is 12.1 Å². The van der Waals surface area contributed by atoms with E-state index in [2.05, 4.69) is 10.2 Å². The molecular formula is C16H23N3O2. The van der Waals surface area contributed by atoms with E-state index in [1.807, 2.05) is 13.0 Å². The molecule has 2 fully saturated rings. The van der Waals surface area contributed by atoms with E-state index in [1.54, 1.807) is 13.0 Å². The quantitative estimate of drug-likeness (QED) is 0.685. The van der Waals surface area contributed by atoms with Crippen LogP contribution >= 0.6 is 0 Å². The molecule has 2 heterocycles. The number of nitro groups is 1. The molecule has 0 aromatic heterocycles. The normalized spacial score (nSPS) is 25.6. The molecule has 5 heteroatoms. The number of nitrogens with zero attached hydrogens (tertiary/aromatic N) is 2. The highest BCUT2D eigenvalue weighted by Crippen LogP contribution is 2.31. The van der Waals surface area contributed by atoms with E-state index in [0.717, 1.165) is 36.2 Å². The number of fused-ring (bicyclic) bond motifs is 1. The van der Waals surface area contributed by atoms with Crippen LogP contribution in [0.25, 0.3) is 0 Å². The summed E-state index contributed by atoms with van der Waals surface area (Å²) in [6, 6.07) is 4.75. The lowest BCUT2D eigenvalue weighted by molar-refractivity contribution is -0.385. The molecular weight excluding hydrogens is 266 g/mol. The number of hydrogen-bond donors (Lipinski definition) is 1. The maximum Gasteiger partial charge on any atom is 0.274 e. The molecule has 21 heavy (non-hydrogen) atoms. The monoisotopic (exact) mass is 289 g/mol. The average Bonchev–Trinajstić information content (AvgIpc) is 2.88. The van der Waals surface area contributed by atoms with Gasteiger partial charge in [-0.2, -0.15) is 0 Å². The van der Waals surface area contributed by atoms with Crippen LogP contribution in [-0.2, 0) is 0 Å². The molecule has 2 saturated heterocycles. The topological polar surface area (TPSA) is 58.4 Å². The summed E-state index contributed by atoms with van der Waals surface area (Å²) >= 11 is 0. The number of benzene rings is 1. The predicted octanol–water partition coefficient (Wildman–Crippen LogP) is 3.25. The third-order valence-electron chi connectivity index (χ3n) is 4.92. The second-order valence-corrected chi connectivity index (χ2v) is 6.41. The highest BCUT2D eigenvalue weighted by atomic mass is 16.6. The minimum Gasteiger partial charge on any atom is -0.382 e. The lowest BCUT2D eigenvalue weighted by Crippen LogP contribution is -2.42. The molecule has 1 aromatic carbocycles. The zero-order valence-corrected chi connectivity index (χ0v) is 12.8. The Labute approximate surface area is 125 Å². The summed E-state index contributed by atoms with van der Waals surface area (Å²) in [5, 5.41) is 14.7. The molecule has 114 valence electrons. The fourth-order valence-electron chi connectivity index (χ4n) is 3.77. The Hall–Kier alpha value is -1.62. The Bertz CT molecular complexity index is 559. The molecule has 0 amide bonds. The molecule has 2 aliphatic heterocycles. The maximum absolute atomic E-state index is 11.1. The molecule has 2 unspecified atom stereocenters. The van der Waals surface area contributed by atoms with Crippen molar-refractivity contribution >= 4 is 11.4 Å². The van der Waals surface area contributed by atoms with Gasteiger partial charge in [0.25, 0.3) is 5.69 Å². The van der Waals surface area contributed by atoms with Crippen molar-refractivity contribution in [2.45, 2.75) is 51.6 Å². The van der Waals surface area contributed by atoms with Crippen molar-refractivity contribution in [3.63, 3.8) is 0 Å². The zero-order chi connectivity index (χ0) is 15.0. The summed E-state index contributed by atoms with van der Waals surface area (Å²) in [4.78, 5) is 13.4. The maximum atomic E-state index is 11.1. The van der Waals surface area contributed by atoms with Crippen LogP contribution < -0.4 is 5.32 Å². The SMILES string of the molecule is Cc1cc(C)c([N+](=O)[O-])cc1NC1CCN2CCCC2C1. The number of hydrogen-bond acceptors (Lipinski definition) is 4. The van der Waals surface area contributed by atoms with E-state index >= 15 is 0 Å². The van der Waals surface area contributed by atoms with Crippen LogP contribution in [0.3, 0.4) is 0 Å². The third kappa shape index (κ3) is 2.88. The number of nitro benzene ring substituents is 1. The van der Waals surface area contributed by atoms with Gasteiger partial charge in [-0.05, 0) is 57.7 Å². The lowest BCUT2D eigenvalue weighted by Gasteiger charge is -2.35. The molecule has 2 aliphatic rings. The Balaban J connectivity index is 1.75. The Morgan fingerprint density at radius 2 is 2.05 bits per heavy atom. The zero-order valence-electron chi connectivity index (χ0n) is 12.8.